The quantitative estimate of drug-likeness (QED) is 0.491. The molecule has 0 bridgehead atoms. The van der Waals surface area contributed by atoms with Crippen molar-refractivity contribution in [3.8, 4) is 0 Å². The molecule has 5 N–H and O–H groups in total. The molecular weight excluding hydrogens is 232 g/mol. The number of halogens is 1. The maximum atomic E-state index is 10.4. The van der Waals surface area contributed by atoms with Gasteiger partial charge in [-0.25, -0.2) is 4.98 Å². The first-order valence-corrected chi connectivity index (χ1v) is 4.99. The van der Waals surface area contributed by atoms with Crippen LogP contribution in [0.15, 0.2) is 12.1 Å². The van der Waals surface area contributed by atoms with Gasteiger partial charge in [0.25, 0.3) is 0 Å². The molecule has 0 atom stereocenters. The molecule has 0 aliphatic rings. The van der Waals surface area contributed by atoms with Crippen LogP contribution >= 0.6 is 11.6 Å². The molecule has 7 heteroatoms. The molecule has 88 valence electrons. The highest BCUT2D eigenvalue weighted by Gasteiger charge is 2.01. The van der Waals surface area contributed by atoms with Crippen molar-refractivity contribution in [1.82, 2.24) is 4.98 Å². The van der Waals surface area contributed by atoms with E-state index < -0.39 is 5.91 Å². The fraction of sp³-hybridized carbons (Fsp3) is 0.333. The largest absolute Gasteiger partial charge is 0.396 e. The lowest BCUT2D eigenvalue weighted by Gasteiger charge is -2.08. The van der Waals surface area contributed by atoms with Crippen molar-refractivity contribution in [1.29, 1.82) is 0 Å². The highest BCUT2D eigenvalue weighted by molar-refractivity contribution is 6.29. The lowest BCUT2D eigenvalue weighted by atomic mass is 10.4. The van der Waals surface area contributed by atoms with Crippen molar-refractivity contribution in [3.63, 3.8) is 0 Å². The zero-order valence-electron chi connectivity index (χ0n) is 8.57. The maximum absolute atomic E-state index is 10.4. The Kier molecular flexibility index (Phi) is 4.81. The molecule has 0 aliphatic heterocycles. The number of ether oxygens (including phenoxy) is 1. The molecule has 0 unspecified atom stereocenters. The minimum absolute atomic E-state index is 0.0971. The lowest BCUT2D eigenvalue weighted by molar-refractivity contribution is -0.122. The van der Waals surface area contributed by atoms with E-state index in [0.29, 0.717) is 29.8 Å². The summed E-state index contributed by atoms with van der Waals surface area (Å²) in [7, 11) is 0. The second-order valence-electron chi connectivity index (χ2n) is 3.02. The van der Waals surface area contributed by atoms with Crippen LogP contribution in [0.3, 0.4) is 0 Å². The van der Waals surface area contributed by atoms with Crippen LogP contribution in [0.2, 0.25) is 5.15 Å². The van der Waals surface area contributed by atoms with E-state index in [1.807, 2.05) is 0 Å². The van der Waals surface area contributed by atoms with E-state index in [-0.39, 0.29) is 6.61 Å². The molecule has 1 heterocycles. The number of nitrogens with one attached hydrogen (secondary N) is 1. The first-order chi connectivity index (χ1) is 7.59. The zero-order chi connectivity index (χ0) is 12.0. The third-order valence-corrected chi connectivity index (χ3v) is 1.89. The smallest absolute Gasteiger partial charge is 0.243 e. The molecule has 1 rings (SSSR count). The molecule has 0 saturated carbocycles. The van der Waals surface area contributed by atoms with E-state index >= 15 is 0 Å². The summed E-state index contributed by atoms with van der Waals surface area (Å²) in [6.45, 7) is 0.696. The predicted octanol–water partition coefficient (Wildman–Crippen LogP) is 0.231. The monoisotopic (exact) mass is 244 g/mol. The Hall–Kier alpha value is -1.53. The van der Waals surface area contributed by atoms with Gasteiger partial charge >= 0.3 is 0 Å². The fourth-order valence-corrected chi connectivity index (χ4v) is 1.15. The number of nitrogens with two attached hydrogens (primary N) is 2. The number of primary amides is 1. The number of aromatic nitrogens is 1. The molecule has 0 fully saturated rings. The third-order valence-electron chi connectivity index (χ3n) is 1.68. The van der Waals surface area contributed by atoms with Crippen LogP contribution in [-0.2, 0) is 9.53 Å². The Morgan fingerprint density at radius 2 is 2.31 bits per heavy atom. The molecule has 0 aliphatic carbocycles. The first kappa shape index (κ1) is 12.5. The average molecular weight is 245 g/mol. The van der Waals surface area contributed by atoms with Crippen LogP contribution in [0.25, 0.3) is 0 Å². The Morgan fingerprint density at radius 3 is 3.00 bits per heavy atom. The number of carbonyl (C=O) groups is 1. The van der Waals surface area contributed by atoms with E-state index in [4.69, 9.17) is 27.8 Å². The van der Waals surface area contributed by atoms with Crippen LogP contribution < -0.4 is 16.8 Å². The SMILES string of the molecule is NC(=O)COCCNc1nc(Cl)ccc1N. The topological polar surface area (TPSA) is 103 Å². The molecule has 0 saturated heterocycles. The Labute approximate surface area is 97.9 Å². The highest BCUT2D eigenvalue weighted by Crippen LogP contribution is 2.17. The number of amides is 1. The van der Waals surface area contributed by atoms with Gasteiger partial charge in [-0.2, -0.15) is 0 Å². The number of anilines is 2. The number of rotatable bonds is 6. The van der Waals surface area contributed by atoms with Gasteiger partial charge in [-0.3, -0.25) is 4.79 Å². The normalized spacial score (nSPS) is 10.1. The molecule has 1 aromatic rings. The third kappa shape index (κ3) is 4.33. The van der Waals surface area contributed by atoms with Gasteiger partial charge in [-0.1, -0.05) is 11.6 Å². The number of nitrogen functional groups attached to an aromatic ring is 1. The van der Waals surface area contributed by atoms with Gasteiger partial charge in [0.1, 0.15) is 11.8 Å². The van der Waals surface area contributed by atoms with E-state index in [2.05, 4.69) is 10.3 Å². The number of hydrogen-bond donors (Lipinski definition) is 3. The van der Waals surface area contributed by atoms with Crippen molar-refractivity contribution >= 4 is 29.0 Å². The van der Waals surface area contributed by atoms with Crippen LogP contribution in [0, 0.1) is 0 Å². The summed E-state index contributed by atoms with van der Waals surface area (Å²) < 4.78 is 4.95. The Bertz CT molecular complexity index is 373. The van der Waals surface area contributed by atoms with E-state index in [9.17, 15) is 4.79 Å². The average Bonchev–Trinajstić information content (AvgIpc) is 2.22. The van der Waals surface area contributed by atoms with E-state index in [1.165, 1.54) is 0 Å². The van der Waals surface area contributed by atoms with E-state index in [1.54, 1.807) is 12.1 Å². The number of hydrogen-bond acceptors (Lipinski definition) is 5. The van der Waals surface area contributed by atoms with Gasteiger partial charge in [0.15, 0.2) is 5.82 Å². The zero-order valence-corrected chi connectivity index (χ0v) is 9.33. The predicted molar refractivity (Wildman–Crippen MR) is 62.2 cm³/mol. The summed E-state index contributed by atoms with van der Waals surface area (Å²) in [5, 5.41) is 3.29. The van der Waals surface area contributed by atoms with Crippen LogP contribution in [0.1, 0.15) is 0 Å². The van der Waals surface area contributed by atoms with Gasteiger partial charge in [0, 0.05) is 6.54 Å². The molecule has 1 amide bonds. The minimum atomic E-state index is -0.500. The summed E-state index contributed by atoms with van der Waals surface area (Å²) >= 11 is 5.70. The first-order valence-electron chi connectivity index (χ1n) is 4.61. The fourth-order valence-electron chi connectivity index (χ4n) is 1.00. The highest BCUT2D eigenvalue weighted by atomic mass is 35.5. The van der Waals surface area contributed by atoms with Crippen LogP contribution in [0.5, 0.6) is 0 Å². The summed E-state index contributed by atoms with van der Waals surface area (Å²) in [5.74, 6) is -0.00410. The van der Waals surface area contributed by atoms with Gasteiger partial charge in [-0.15, -0.1) is 0 Å². The van der Waals surface area contributed by atoms with Crippen LogP contribution in [0.4, 0.5) is 11.5 Å². The van der Waals surface area contributed by atoms with Gasteiger partial charge < -0.3 is 21.5 Å². The minimum Gasteiger partial charge on any atom is -0.396 e. The molecule has 1 aromatic heterocycles. The molecule has 0 radical (unpaired) electrons. The summed E-state index contributed by atoms with van der Waals surface area (Å²) in [6, 6.07) is 3.26. The van der Waals surface area contributed by atoms with Crippen LogP contribution in [-0.4, -0.2) is 30.6 Å². The standard InChI is InChI=1S/C9H13ClN4O2/c10-7-2-1-6(11)9(14-7)13-3-4-16-5-8(12)15/h1-2H,3-5,11H2,(H2,12,15)(H,13,14). The lowest BCUT2D eigenvalue weighted by Crippen LogP contribution is -2.21. The number of nitrogens with zero attached hydrogens (tertiary/aromatic N) is 1. The van der Waals surface area contributed by atoms with Gasteiger partial charge in [0.2, 0.25) is 5.91 Å². The number of carbonyl (C=O) groups excluding carboxylic acids is 1. The van der Waals surface area contributed by atoms with Crippen molar-refractivity contribution in [2.75, 3.05) is 30.8 Å². The van der Waals surface area contributed by atoms with Gasteiger partial charge in [-0.05, 0) is 12.1 Å². The Balaban J connectivity index is 2.31. The molecular formula is C9H13ClN4O2. The van der Waals surface area contributed by atoms with Crippen molar-refractivity contribution in [3.05, 3.63) is 17.3 Å². The summed E-state index contributed by atoms with van der Waals surface area (Å²) in [6.07, 6.45) is 0. The molecule has 16 heavy (non-hydrogen) atoms. The van der Waals surface area contributed by atoms with Gasteiger partial charge in [0.05, 0.1) is 12.3 Å². The molecule has 0 spiro atoms. The Morgan fingerprint density at radius 1 is 1.56 bits per heavy atom. The van der Waals surface area contributed by atoms with E-state index in [0.717, 1.165) is 0 Å². The molecule has 6 nitrogen and oxygen atoms in total. The number of pyridine rings is 1. The van der Waals surface area contributed by atoms with Crippen molar-refractivity contribution in [2.24, 2.45) is 5.73 Å². The summed E-state index contributed by atoms with van der Waals surface area (Å²) in [4.78, 5) is 14.3. The van der Waals surface area contributed by atoms with Crippen molar-refractivity contribution in [2.45, 2.75) is 0 Å². The maximum Gasteiger partial charge on any atom is 0.243 e. The second-order valence-corrected chi connectivity index (χ2v) is 3.40. The molecule has 0 aromatic carbocycles. The van der Waals surface area contributed by atoms with Crippen molar-refractivity contribution < 1.29 is 9.53 Å². The summed E-state index contributed by atoms with van der Waals surface area (Å²) in [5.41, 5.74) is 11.0. The second kappa shape index (κ2) is 6.14.